The lowest BCUT2D eigenvalue weighted by Crippen LogP contribution is -2.23. The van der Waals surface area contributed by atoms with Crippen LogP contribution >= 0.6 is 24.8 Å². The number of nitrogens with two attached hydrogens (primary N) is 1. The van der Waals surface area contributed by atoms with E-state index in [4.69, 9.17) is 15.2 Å². The number of hydrogen-bond donors (Lipinski definition) is 1. The van der Waals surface area contributed by atoms with E-state index in [9.17, 15) is 0 Å². The summed E-state index contributed by atoms with van der Waals surface area (Å²) in [5.41, 5.74) is 6.92. The number of hydrogen-bond acceptors (Lipinski definition) is 4. The zero-order chi connectivity index (χ0) is 9.97. The molecule has 92 valence electrons. The summed E-state index contributed by atoms with van der Waals surface area (Å²) in [4.78, 5) is 4.12. The van der Waals surface area contributed by atoms with E-state index in [2.05, 4.69) is 4.98 Å². The highest BCUT2D eigenvalue weighted by molar-refractivity contribution is 5.85. The molecule has 2 atom stereocenters. The second-order valence-corrected chi connectivity index (χ2v) is 3.38. The molecule has 0 bridgehead atoms. The van der Waals surface area contributed by atoms with Crippen LogP contribution in [0.15, 0.2) is 18.3 Å². The maximum atomic E-state index is 5.90. The second-order valence-electron chi connectivity index (χ2n) is 3.38. The Morgan fingerprint density at radius 3 is 2.62 bits per heavy atom. The van der Waals surface area contributed by atoms with Gasteiger partial charge in [0.1, 0.15) is 0 Å². The van der Waals surface area contributed by atoms with Crippen molar-refractivity contribution in [3.63, 3.8) is 0 Å². The van der Waals surface area contributed by atoms with Gasteiger partial charge in [0.2, 0.25) is 5.88 Å². The topological polar surface area (TPSA) is 57.4 Å². The number of pyridine rings is 1. The van der Waals surface area contributed by atoms with Gasteiger partial charge in [-0.2, -0.15) is 0 Å². The molecule has 0 radical (unpaired) electrons. The molecule has 1 fully saturated rings. The summed E-state index contributed by atoms with van der Waals surface area (Å²) >= 11 is 0. The van der Waals surface area contributed by atoms with E-state index >= 15 is 0 Å². The molecule has 0 amide bonds. The largest absolute Gasteiger partial charge is 0.481 e. The van der Waals surface area contributed by atoms with Gasteiger partial charge in [-0.1, -0.05) is 0 Å². The summed E-state index contributed by atoms with van der Waals surface area (Å²) in [5.74, 6) is 0.611. The number of ether oxygens (including phenoxy) is 2. The molecule has 1 saturated heterocycles. The van der Waals surface area contributed by atoms with Crippen LogP contribution < -0.4 is 10.5 Å². The third-order valence-corrected chi connectivity index (χ3v) is 2.43. The predicted octanol–water partition coefficient (Wildman–Crippen LogP) is 1.72. The average molecular weight is 267 g/mol. The molecular formula is C10H16Cl2N2O2. The molecule has 1 aromatic heterocycles. The Morgan fingerprint density at radius 2 is 2.19 bits per heavy atom. The molecule has 6 heteroatoms. The van der Waals surface area contributed by atoms with Gasteiger partial charge in [0.25, 0.3) is 0 Å². The maximum Gasteiger partial charge on any atom is 0.212 e. The fourth-order valence-corrected chi connectivity index (χ4v) is 1.63. The lowest BCUT2D eigenvalue weighted by atomic mass is 10.1. The summed E-state index contributed by atoms with van der Waals surface area (Å²) < 4.78 is 10.5. The van der Waals surface area contributed by atoms with Gasteiger partial charge in [0, 0.05) is 30.5 Å². The minimum Gasteiger partial charge on any atom is -0.481 e. The first-order valence-corrected chi connectivity index (χ1v) is 4.68. The lowest BCUT2D eigenvalue weighted by molar-refractivity contribution is 0.105. The van der Waals surface area contributed by atoms with E-state index in [-0.39, 0.29) is 37.0 Å². The minimum atomic E-state index is -0.00611. The van der Waals surface area contributed by atoms with Gasteiger partial charge in [0.15, 0.2) is 0 Å². The van der Waals surface area contributed by atoms with E-state index in [1.165, 1.54) is 0 Å². The monoisotopic (exact) mass is 266 g/mol. The van der Waals surface area contributed by atoms with Crippen molar-refractivity contribution >= 4 is 24.8 Å². The lowest BCUT2D eigenvalue weighted by Gasteiger charge is -2.14. The third kappa shape index (κ3) is 3.22. The van der Waals surface area contributed by atoms with Gasteiger partial charge in [-0.05, 0) is 12.5 Å². The van der Waals surface area contributed by atoms with Gasteiger partial charge < -0.3 is 15.2 Å². The van der Waals surface area contributed by atoms with Crippen LogP contribution in [-0.2, 0) is 4.74 Å². The number of halogens is 2. The zero-order valence-electron chi connectivity index (χ0n) is 8.96. The van der Waals surface area contributed by atoms with Crippen molar-refractivity contribution in [2.45, 2.75) is 18.6 Å². The van der Waals surface area contributed by atoms with Crippen molar-refractivity contribution in [2.24, 2.45) is 5.73 Å². The van der Waals surface area contributed by atoms with Crippen molar-refractivity contribution in [3.05, 3.63) is 23.9 Å². The zero-order valence-corrected chi connectivity index (χ0v) is 10.6. The molecule has 2 heterocycles. The molecule has 2 N–H and O–H groups in total. The van der Waals surface area contributed by atoms with Crippen molar-refractivity contribution < 1.29 is 9.47 Å². The highest BCUT2D eigenvalue weighted by Gasteiger charge is 2.26. The van der Waals surface area contributed by atoms with Crippen molar-refractivity contribution in [2.75, 3.05) is 13.7 Å². The van der Waals surface area contributed by atoms with Crippen LogP contribution in [0.2, 0.25) is 0 Å². The first-order valence-electron chi connectivity index (χ1n) is 4.68. The van der Waals surface area contributed by atoms with Gasteiger partial charge in [-0.25, -0.2) is 4.98 Å². The van der Waals surface area contributed by atoms with Gasteiger partial charge in [-0.3, -0.25) is 0 Å². The number of nitrogens with zero attached hydrogens (tertiary/aromatic N) is 1. The summed E-state index contributed by atoms with van der Waals surface area (Å²) in [5, 5.41) is 0. The highest BCUT2D eigenvalue weighted by Crippen LogP contribution is 2.27. The maximum absolute atomic E-state index is 5.90. The van der Waals surface area contributed by atoms with Crippen LogP contribution in [0, 0.1) is 0 Å². The van der Waals surface area contributed by atoms with E-state index in [1.807, 2.05) is 12.1 Å². The smallest absolute Gasteiger partial charge is 0.212 e. The van der Waals surface area contributed by atoms with Crippen LogP contribution in [0.5, 0.6) is 5.88 Å². The van der Waals surface area contributed by atoms with E-state index in [0.29, 0.717) is 5.88 Å². The first kappa shape index (κ1) is 15.4. The fraction of sp³-hybridized carbons (Fsp3) is 0.500. The van der Waals surface area contributed by atoms with Crippen LogP contribution in [0.3, 0.4) is 0 Å². The Morgan fingerprint density at radius 1 is 1.44 bits per heavy atom. The summed E-state index contributed by atoms with van der Waals surface area (Å²) in [6.07, 6.45) is 2.67. The normalized spacial score (nSPS) is 23.1. The van der Waals surface area contributed by atoms with E-state index in [0.717, 1.165) is 18.6 Å². The Labute approximate surface area is 107 Å². The Bertz CT molecular complexity index is 308. The molecule has 0 saturated carbocycles. The Kier molecular flexibility index (Phi) is 6.67. The molecule has 0 aliphatic carbocycles. The average Bonchev–Trinajstić information content (AvgIpc) is 2.65. The summed E-state index contributed by atoms with van der Waals surface area (Å²) in [6.45, 7) is 0.734. The summed E-state index contributed by atoms with van der Waals surface area (Å²) in [7, 11) is 1.60. The Hall–Kier alpha value is -0.550. The number of methoxy groups -OCH3 is 1. The minimum absolute atomic E-state index is 0. The third-order valence-electron chi connectivity index (χ3n) is 2.43. The van der Waals surface area contributed by atoms with Crippen molar-refractivity contribution in [1.82, 2.24) is 4.98 Å². The fourth-order valence-electron chi connectivity index (χ4n) is 1.63. The first-order chi connectivity index (χ1) is 6.81. The quantitative estimate of drug-likeness (QED) is 0.886. The van der Waals surface area contributed by atoms with Gasteiger partial charge in [-0.15, -0.1) is 24.8 Å². The van der Waals surface area contributed by atoms with Gasteiger partial charge in [0.05, 0.1) is 13.2 Å². The highest BCUT2D eigenvalue weighted by atomic mass is 35.5. The molecule has 0 unspecified atom stereocenters. The molecule has 4 nitrogen and oxygen atoms in total. The van der Waals surface area contributed by atoms with Gasteiger partial charge >= 0.3 is 0 Å². The molecule has 1 aromatic rings. The van der Waals surface area contributed by atoms with Crippen LogP contribution in [-0.4, -0.2) is 24.7 Å². The molecule has 2 rings (SSSR count). The standard InChI is InChI=1S/C10H14N2O2.2ClH/c1-13-9-3-2-7(6-12-9)10-8(11)4-5-14-10;;/h2-3,6,8,10H,4-5,11H2,1H3;2*1H/t8-,10+;;/m1../s1. The predicted molar refractivity (Wildman–Crippen MR) is 66.6 cm³/mol. The molecule has 1 aliphatic rings. The molecular weight excluding hydrogens is 251 g/mol. The molecule has 0 spiro atoms. The SMILES string of the molecule is COc1ccc([C@@H]2OCC[C@H]2N)cn1.Cl.Cl. The Balaban J connectivity index is 0.00000112. The van der Waals surface area contributed by atoms with Crippen molar-refractivity contribution in [1.29, 1.82) is 0 Å². The van der Waals surface area contributed by atoms with Crippen LogP contribution in [0.1, 0.15) is 18.1 Å². The molecule has 1 aliphatic heterocycles. The number of rotatable bonds is 2. The molecule has 16 heavy (non-hydrogen) atoms. The summed E-state index contributed by atoms with van der Waals surface area (Å²) in [6, 6.07) is 3.86. The van der Waals surface area contributed by atoms with Crippen LogP contribution in [0.4, 0.5) is 0 Å². The number of aromatic nitrogens is 1. The second kappa shape index (κ2) is 6.91. The van der Waals surface area contributed by atoms with Crippen molar-refractivity contribution in [3.8, 4) is 5.88 Å². The molecule has 0 aromatic carbocycles. The van der Waals surface area contributed by atoms with E-state index < -0.39 is 0 Å². The van der Waals surface area contributed by atoms with E-state index in [1.54, 1.807) is 13.3 Å². The van der Waals surface area contributed by atoms with Crippen LogP contribution in [0.25, 0.3) is 0 Å².